The molecule has 1 N–H and O–H groups in total. The van der Waals surface area contributed by atoms with Crippen LogP contribution < -0.4 is 0 Å². The van der Waals surface area contributed by atoms with E-state index in [2.05, 4.69) is 4.98 Å². The molecule has 1 unspecified atom stereocenters. The quantitative estimate of drug-likeness (QED) is 0.874. The highest BCUT2D eigenvalue weighted by molar-refractivity contribution is 7.13. The van der Waals surface area contributed by atoms with Gasteiger partial charge in [0.2, 0.25) is 5.91 Å². The summed E-state index contributed by atoms with van der Waals surface area (Å²) >= 11 is 1.12. The zero-order valence-corrected chi connectivity index (χ0v) is 14.2. The molecule has 0 aliphatic heterocycles. The number of carbonyl (C=O) groups is 2. The molecule has 0 fully saturated rings. The summed E-state index contributed by atoms with van der Waals surface area (Å²) < 4.78 is 38.3. The van der Waals surface area contributed by atoms with Crippen LogP contribution in [-0.2, 0) is 22.2 Å². The van der Waals surface area contributed by atoms with Crippen LogP contribution in [0.15, 0.2) is 29.6 Å². The number of carboxylic acid groups (broad SMARTS) is 1. The van der Waals surface area contributed by atoms with E-state index in [-0.39, 0.29) is 6.42 Å². The monoisotopic (exact) mass is 372 g/mol. The van der Waals surface area contributed by atoms with Gasteiger partial charge in [-0.3, -0.25) is 4.79 Å². The number of carboxylic acids is 1. The summed E-state index contributed by atoms with van der Waals surface area (Å²) in [5.41, 5.74) is -0.0783. The third-order valence-electron chi connectivity index (χ3n) is 3.65. The molecule has 0 aliphatic rings. The van der Waals surface area contributed by atoms with Crippen molar-refractivity contribution in [2.24, 2.45) is 0 Å². The molecule has 0 radical (unpaired) electrons. The van der Waals surface area contributed by atoms with Gasteiger partial charge >= 0.3 is 12.1 Å². The van der Waals surface area contributed by atoms with Crippen LogP contribution in [0, 0.1) is 0 Å². The van der Waals surface area contributed by atoms with E-state index in [9.17, 15) is 22.8 Å². The summed E-state index contributed by atoms with van der Waals surface area (Å²) in [6.45, 7) is 1.38. The molecule has 5 nitrogen and oxygen atoms in total. The minimum Gasteiger partial charge on any atom is -0.480 e. The molecule has 1 amide bonds. The van der Waals surface area contributed by atoms with Gasteiger partial charge in [0.15, 0.2) is 0 Å². The molecule has 2 aromatic rings. The van der Waals surface area contributed by atoms with Crippen LogP contribution in [0.1, 0.15) is 18.2 Å². The van der Waals surface area contributed by atoms with Crippen LogP contribution in [0.5, 0.6) is 0 Å². The van der Waals surface area contributed by atoms with Gasteiger partial charge in [-0.15, -0.1) is 11.3 Å². The van der Waals surface area contributed by atoms with Gasteiger partial charge in [0.1, 0.15) is 11.0 Å². The highest BCUT2D eigenvalue weighted by Gasteiger charge is 2.30. The normalized spacial score (nSPS) is 12.7. The Labute approximate surface area is 145 Å². The summed E-state index contributed by atoms with van der Waals surface area (Å²) in [7, 11) is 1.38. The SMILES string of the molecule is CC(C(=O)O)N(C)C(=O)Cc1csc(-c2cccc(C(F)(F)F)c2)n1. The third kappa shape index (κ3) is 4.56. The van der Waals surface area contributed by atoms with E-state index in [0.717, 1.165) is 28.4 Å². The van der Waals surface area contributed by atoms with Gasteiger partial charge in [0.25, 0.3) is 0 Å². The number of hydrogen-bond acceptors (Lipinski definition) is 4. The number of hydrogen-bond donors (Lipinski definition) is 1. The molecule has 0 aliphatic carbocycles. The predicted octanol–water partition coefficient (Wildman–Crippen LogP) is 3.30. The fourth-order valence-corrected chi connectivity index (χ4v) is 2.83. The van der Waals surface area contributed by atoms with Crippen LogP contribution in [0.4, 0.5) is 13.2 Å². The first-order chi connectivity index (χ1) is 11.6. The van der Waals surface area contributed by atoms with Gasteiger partial charge in [-0.2, -0.15) is 13.2 Å². The average Bonchev–Trinajstić information content (AvgIpc) is 3.01. The summed E-state index contributed by atoms with van der Waals surface area (Å²) in [6, 6.07) is 3.81. The second-order valence-corrected chi connectivity index (χ2v) is 6.28. The Balaban J connectivity index is 2.15. The molecular weight excluding hydrogens is 357 g/mol. The van der Waals surface area contributed by atoms with Crippen molar-refractivity contribution in [3.63, 3.8) is 0 Å². The lowest BCUT2D eigenvalue weighted by atomic mass is 10.1. The molecule has 0 bridgehead atoms. The van der Waals surface area contributed by atoms with Gasteiger partial charge < -0.3 is 10.0 Å². The number of benzene rings is 1. The number of aliphatic carboxylic acids is 1. The zero-order chi connectivity index (χ0) is 18.8. The number of amides is 1. The molecule has 25 heavy (non-hydrogen) atoms. The third-order valence-corrected chi connectivity index (χ3v) is 4.59. The van der Waals surface area contributed by atoms with Crippen molar-refractivity contribution in [2.75, 3.05) is 7.05 Å². The minimum atomic E-state index is -4.44. The molecule has 0 saturated heterocycles. The molecule has 9 heteroatoms. The van der Waals surface area contributed by atoms with Crippen molar-refractivity contribution >= 4 is 23.2 Å². The standard InChI is InChI=1S/C16H15F3N2O3S/c1-9(15(23)24)21(2)13(22)7-12-8-25-14(20-12)10-4-3-5-11(6-10)16(17,18)19/h3-6,8-9H,7H2,1-2H3,(H,23,24). The molecule has 2 rings (SSSR count). The summed E-state index contributed by atoms with van der Waals surface area (Å²) in [4.78, 5) is 28.2. The van der Waals surface area contributed by atoms with E-state index in [4.69, 9.17) is 5.11 Å². The van der Waals surface area contributed by atoms with Crippen LogP contribution >= 0.6 is 11.3 Å². The van der Waals surface area contributed by atoms with Gasteiger partial charge in [-0.25, -0.2) is 9.78 Å². The number of nitrogens with zero attached hydrogens (tertiary/aromatic N) is 2. The second kappa shape index (κ2) is 7.22. The van der Waals surface area contributed by atoms with Crippen molar-refractivity contribution in [2.45, 2.75) is 25.6 Å². The Kier molecular flexibility index (Phi) is 5.46. The molecule has 1 heterocycles. The molecule has 134 valence electrons. The highest BCUT2D eigenvalue weighted by Crippen LogP contribution is 2.33. The topological polar surface area (TPSA) is 70.5 Å². The van der Waals surface area contributed by atoms with E-state index in [1.165, 1.54) is 26.1 Å². The first-order valence-corrected chi connectivity index (χ1v) is 8.08. The summed E-state index contributed by atoms with van der Waals surface area (Å²) in [6.07, 6.45) is -4.56. The molecule has 1 atom stereocenters. The van der Waals surface area contributed by atoms with Crippen LogP contribution in [-0.4, -0.2) is 40.0 Å². The number of halogens is 3. The summed E-state index contributed by atoms with van der Waals surface area (Å²) in [5, 5.41) is 10.9. The fraction of sp³-hybridized carbons (Fsp3) is 0.312. The Bertz CT molecular complexity index is 789. The van der Waals surface area contributed by atoms with Gasteiger partial charge in [-0.1, -0.05) is 12.1 Å². The lowest BCUT2D eigenvalue weighted by Gasteiger charge is -2.20. The second-order valence-electron chi connectivity index (χ2n) is 5.42. The largest absolute Gasteiger partial charge is 0.480 e. The number of aromatic nitrogens is 1. The molecule has 0 spiro atoms. The molecule has 0 saturated carbocycles. The van der Waals surface area contributed by atoms with E-state index in [1.54, 1.807) is 5.38 Å². The predicted molar refractivity (Wildman–Crippen MR) is 86.1 cm³/mol. The number of alkyl halides is 3. The number of thiazole rings is 1. The van der Waals surface area contributed by atoms with Gasteiger partial charge in [0.05, 0.1) is 17.7 Å². The van der Waals surface area contributed by atoms with Crippen LogP contribution in [0.2, 0.25) is 0 Å². The number of rotatable bonds is 5. The van der Waals surface area contributed by atoms with Crippen molar-refractivity contribution in [3.8, 4) is 10.6 Å². The molecule has 1 aromatic heterocycles. The maximum absolute atomic E-state index is 12.8. The van der Waals surface area contributed by atoms with Crippen molar-refractivity contribution in [1.82, 2.24) is 9.88 Å². The van der Waals surface area contributed by atoms with Gasteiger partial charge in [-0.05, 0) is 19.1 Å². The first kappa shape index (κ1) is 18.9. The van der Waals surface area contributed by atoms with Crippen molar-refractivity contribution in [3.05, 3.63) is 40.9 Å². The highest BCUT2D eigenvalue weighted by atomic mass is 32.1. The minimum absolute atomic E-state index is 0.121. The first-order valence-electron chi connectivity index (χ1n) is 7.20. The Morgan fingerprint density at radius 1 is 1.36 bits per heavy atom. The average molecular weight is 372 g/mol. The zero-order valence-electron chi connectivity index (χ0n) is 13.4. The van der Waals surface area contributed by atoms with Gasteiger partial charge in [0, 0.05) is 18.0 Å². The Hall–Kier alpha value is -2.42. The lowest BCUT2D eigenvalue weighted by Crippen LogP contribution is -2.41. The van der Waals surface area contributed by atoms with E-state index in [1.807, 2.05) is 0 Å². The van der Waals surface area contributed by atoms with E-state index >= 15 is 0 Å². The molecule has 1 aromatic carbocycles. The lowest BCUT2D eigenvalue weighted by molar-refractivity contribution is -0.148. The van der Waals surface area contributed by atoms with Crippen molar-refractivity contribution in [1.29, 1.82) is 0 Å². The number of likely N-dealkylation sites (N-methyl/N-ethyl adjacent to an activating group) is 1. The molecular formula is C16H15F3N2O3S. The Morgan fingerprint density at radius 3 is 2.64 bits per heavy atom. The number of carbonyl (C=O) groups excluding carboxylic acids is 1. The maximum Gasteiger partial charge on any atom is 0.416 e. The maximum atomic E-state index is 12.8. The van der Waals surface area contributed by atoms with E-state index < -0.39 is 29.7 Å². The van der Waals surface area contributed by atoms with Crippen LogP contribution in [0.3, 0.4) is 0 Å². The Morgan fingerprint density at radius 2 is 2.04 bits per heavy atom. The van der Waals surface area contributed by atoms with E-state index in [0.29, 0.717) is 16.3 Å². The smallest absolute Gasteiger partial charge is 0.416 e. The van der Waals surface area contributed by atoms with Crippen molar-refractivity contribution < 1.29 is 27.9 Å². The summed E-state index contributed by atoms with van der Waals surface area (Å²) in [5.74, 6) is -1.56. The fourth-order valence-electron chi connectivity index (χ4n) is 2.01. The van der Waals surface area contributed by atoms with Crippen LogP contribution in [0.25, 0.3) is 10.6 Å².